The Hall–Kier alpha value is -1.81. The first kappa shape index (κ1) is 18.0. The number of hydrogen-bond acceptors (Lipinski definition) is 7. The smallest absolute Gasteiger partial charge is 0.256 e. The van der Waals surface area contributed by atoms with Crippen molar-refractivity contribution in [1.82, 2.24) is 0 Å². The molecule has 0 aliphatic carbocycles. The molecular weight excluding hydrogens is 370 g/mol. The van der Waals surface area contributed by atoms with Crippen LogP contribution < -0.4 is 0 Å². The van der Waals surface area contributed by atoms with Crippen molar-refractivity contribution in [3.63, 3.8) is 0 Å². The van der Waals surface area contributed by atoms with Crippen LogP contribution in [0.5, 0.6) is 0 Å². The van der Waals surface area contributed by atoms with Crippen molar-refractivity contribution in [2.24, 2.45) is 5.92 Å². The molecule has 10 heteroatoms. The molecule has 0 radical (unpaired) electrons. The number of rotatable bonds is 6. The molecule has 0 saturated carbocycles. The summed E-state index contributed by atoms with van der Waals surface area (Å²) in [5.41, 5.74) is 0.00278. The number of hydrogen-bond donors (Lipinski definition) is 0. The van der Waals surface area contributed by atoms with E-state index in [-0.39, 0.29) is 28.2 Å². The second-order valence-corrected chi connectivity index (χ2v) is 10.6. The van der Waals surface area contributed by atoms with Crippen LogP contribution in [-0.2, 0) is 29.2 Å². The highest BCUT2D eigenvalue weighted by Crippen LogP contribution is 2.64. The fraction of sp³-hybridized carbons (Fsp3) is 0.533. The van der Waals surface area contributed by atoms with E-state index in [4.69, 9.17) is 0 Å². The number of nitrogens with zero attached hydrogens (tertiary/aromatic N) is 1. The molecular formula is C15H17NO7S2. The van der Waals surface area contributed by atoms with Crippen LogP contribution in [0.2, 0.25) is 0 Å². The van der Waals surface area contributed by atoms with E-state index in [1.165, 1.54) is 18.2 Å². The van der Waals surface area contributed by atoms with Gasteiger partial charge in [-0.05, 0) is 30.5 Å². The van der Waals surface area contributed by atoms with Gasteiger partial charge in [0.05, 0.1) is 15.0 Å². The maximum absolute atomic E-state index is 12.8. The first-order chi connectivity index (χ1) is 11.6. The molecule has 1 saturated heterocycles. The summed E-state index contributed by atoms with van der Waals surface area (Å²) in [6, 6.07) is 4.03. The number of benzene rings is 1. The topological polar surface area (TPSA) is 128 Å². The van der Waals surface area contributed by atoms with E-state index in [9.17, 15) is 31.7 Å². The third-order valence-electron chi connectivity index (χ3n) is 5.18. The molecule has 1 aromatic carbocycles. The van der Waals surface area contributed by atoms with Crippen LogP contribution in [0.1, 0.15) is 38.7 Å². The molecule has 4 rings (SSSR count). The third-order valence-corrected chi connectivity index (χ3v) is 9.91. The summed E-state index contributed by atoms with van der Waals surface area (Å²) < 4.78 is 48.2. The molecule has 3 atom stereocenters. The van der Waals surface area contributed by atoms with Gasteiger partial charge >= 0.3 is 5.91 Å². The first-order valence-electron chi connectivity index (χ1n) is 7.89. The molecule has 2 bridgehead atoms. The molecule has 0 aromatic heterocycles. The number of carbonyl (C=O) groups is 1. The Labute approximate surface area is 145 Å². The summed E-state index contributed by atoms with van der Waals surface area (Å²) in [6.07, 6.45) is 0.504. The largest absolute Gasteiger partial charge is 0.449 e. The van der Waals surface area contributed by atoms with Crippen LogP contribution in [0.15, 0.2) is 28.0 Å². The Morgan fingerprint density at radius 1 is 1.28 bits per heavy atom. The molecule has 1 aromatic rings. The lowest BCUT2D eigenvalue weighted by Crippen LogP contribution is -2.38. The lowest BCUT2D eigenvalue weighted by molar-refractivity contribution is -0.407. The zero-order valence-electron chi connectivity index (χ0n) is 13.6. The Morgan fingerprint density at radius 3 is 2.32 bits per heavy atom. The third kappa shape index (κ3) is 2.00. The zero-order chi connectivity index (χ0) is 18.8. The second-order valence-electron chi connectivity index (χ2n) is 6.33. The highest BCUT2D eigenvalue weighted by molar-refractivity contribution is 8.00. The van der Waals surface area contributed by atoms with Gasteiger partial charge in [-0.1, -0.05) is 26.3 Å². The van der Waals surface area contributed by atoms with E-state index in [1.54, 1.807) is 13.8 Å². The molecule has 136 valence electrons. The standard InChI is InChI=1S/C15H17NO7S2/c1-3-5-11(14(17)16(18)19)15(13(4-2)25(15,22)23)10-7-6-9-8-12(10)24(9,20)21/h6-8,11,13H,3-5H2,1-2H3. The Balaban J connectivity index is 2.29. The number of fused-ring (bicyclic) bond motifs is 2. The van der Waals surface area contributed by atoms with Crippen LogP contribution in [0.3, 0.4) is 0 Å². The quantitative estimate of drug-likeness (QED) is 0.417. The molecule has 3 aliphatic rings. The maximum atomic E-state index is 12.8. The Bertz CT molecular complexity index is 993. The van der Waals surface area contributed by atoms with Crippen molar-refractivity contribution in [3.8, 4) is 0 Å². The lowest BCUT2D eigenvalue weighted by Gasteiger charge is -2.27. The van der Waals surface area contributed by atoms with Crippen molar-refractivity contribution in [1.29, 1.82) is 0 Å². The lowest BCUT2D eigenvalue weighted by atomic mass is 9.79. The van der Waals surface area contributed by atoms with Gasteiger partial charge in [-0.25, -0.2) is 21.6 Å². The van der Waals surface area contributed by atoms with Gasteiger partial charge in [-0.15, -0.1) is 0 Å². The summed E-state index contributed by atoms with van der Waals surface area (Å²) in [7, 11) is -7.62. The van der Waals surface area contributed by atoms with Gasteiger partial charge in [-0.3, -0.25) is 10.1 Å². The highest BCUT2D eigenvalue weighted by atomic mass is 32.2. The van der Waals surface area contributed by atoms with Crippen molar-refractivity contribution in [2.45, 2.75) is 52.9 Å². The molecule has 3 aliphatic heterocycles. The number of nitro groups is 1. The SMILES string of the molecule is CCCC(C(=O)[N+](=O)[O-])C1(c2ccc3cc2S3(=O)=O)C(CC)S1(=O)=O. The maximum Gasteiger partial charge on any atom is 0.449 e. The second kappa shape index (κ2) is 5.34. The van der Waals surface area contributed by atoms with Gasteiger partial charge in [-0.2, -0.15) is 0 Å². The monoisotopic (exact) mass is 387 g/mol. The minimum absolute atomic E-state index is 0.00278. The Morgan fingerprint density at radius 2 is 1.92 bits per heavy atom. The van der Waals surface area contributed by atoms with Gasteiger partial charge in [0.15, 0.2) is 9.84 Å². The van der Waals surface area contributed by atoms with Crippen molar-refractivity contribution < 1.29 is 26.6 Å². The van der Waals surface area contributed by atoms with Gasteiger partial charge in [0.25, 0.3) is 0 Å². The van der Waals surface area contributed by atoms with Gasteiger partial charge in [0.2, 0.25) is 9.84 Å². The van der Waals surface area contributed by atoms with E-state index in [0.29, 0.717) is 6.42 Å². The predicted octanol–water partition coefficient (Wildman–Crippen LogP) is 1.45. The number of carbonyl (C=O) groups excluding carboxylic acids is 1. The van der Waals surface area contributed by atoms with E-state index >= 15 is 0 Å². The molecule has 3 unspecified atom stereocenters. The van der Waals surface area contributed by atoms with Crippen LogP contribution in [0.25, 0.3) is 0 Å². The Kier molecular flexibility index (Phi) is 3.84. The molecule has 1 amide bonds. The summed E-state index contributed by atoms with van der Waals surface area (Å²) in [5.74, 6) is -2.78. The van der Waals surface area contributed by atoms with Crippen LogP contribution in [-0.4, -0.2) is 32.9 Å². The van der Waals surface area contributed by atoms with Gasteiger partial charge in [0, 0.05) is 0 Å². The number of amides is 1. The average molecular weight is 387 g/mol. The summed E-state index contributed by atoms with van der Waals surface area (Å²) in [5, 5.41) is 10.1. The fourth-order valence-electron chi connectivity index (χ4n) is 4.09. The molecule has 0 N–H and O–H groups in total. The van der Waals surface area contributed by atoms with Crippen LogP contribution in [0.4, 0.5) is 0 Å². The van der Waals surface area contributed by atoms with Crippen LogP contribution in [0, 0.1) is 16.0 Å². The summed E-state index contributed by atoms with van der Waals surface area (Å²) >= 11 is 0. The first-order valence-corrected chi connectivity index (χ1v) is 10.9. The average Bonchev–Trinajstić information content (AvgIpc) is 3.07. The fourth-order valence-corrected chi connectivity index (χ4v) is 8.61. The molecule has 8 nitrogen and oxygen atoms in total. The minimum atomic E-state index is -3.90. The van der Waals surface area contributed by atoms with Crippen molar-refractivity contribution in [2.75, 3.05) is 0 Å². The predicted molar refractivity (Wildman–Crippen MR) is 87.0 cm³/mol. The minimum Gasteiger partial charge on any atom is -0.256 e. The van der Waals surface area contributed by atoms with E-state index < -0.39 is 46.4 Å². The van der Waals surface area contributed by atoms with E-state index in [0.717, 1.165) is 0 Å². The van der Waals surface area contributed by atoms with E-state index in [1.807, 2.05) is 0 Å². The van der Waals surface area contributed by atoms with Crippen molar-refractivity contribution in [3.05, 3.63) is 33.9 Å². The zero-order valence-corrected chi connectivity index (χ0v) is 15.3. The van der Waals surface area contributed by atoms with Crippen LogP contribution >= 0.6 is 0 Å². The summed E-state index contributed by atoms with van der Waals surface area (Å²) in [4.78, 5) is 22.2. The molecule has 1 fully saturated rings. The van der Waals surface area contributed by atoms with Crippen molar-refractivity contribution >= 4 is 25.6 Å². The van der Waals surface area contributed by atoms with Gasteiger partial charge < -0.3 is 0 Å². The molecule has 25 heavy (non-hydrogen) atoms. The molecule has 0 spiro atoms. The molecule has 3 heterocycles. The summed E-state index contributed by atoms with van der Waals surface area (Å²) in [6.45, 7) is 3.30. The van der Waals surface area contributed by atoms with E-state index in [2.05, 4.69) is 0 Å². The van der Waals surface area contributed by atoms with Gasteiger partial charge in [0.1, 0.15) is 15.6 Å². The number of sulfone groups is 2. The normalized spacial score (nSPS) is 28.6. The highest BCUT2D eigenvalue weighted by Gasteiger charge is 2.78.